The largest absolute Gasteiger partial charge is 0.456 e. The Hall–Kier alpha value is -2.28. The molecule has 0 spiro atoms. The van der Waals surface area contributed by atoms with E-state index in [1.54, 1.807) is 0 Å². The van der Waals surface area contributed by atoms with Gasteiger partial charge in [-0.15, -0.1) is 0 Å². The highest BCUT2D eigenvalue weighted by Crippen LogP contribution is 2.22. The van der Waals surface area contributed by atoms with Gasteiger partial charge in [-0.3, -0.25) is 14.4 Å². The minimum atomic E-state index is -0.563. The third-order valence-corrected chi connectivity index (χ3v) is 4.59. The topological polar surface area (TPSA) is 79.5 Å². The molecule has 0 atom stereocenters. The van der Waals surface area contributed by atoms with Gasteiger partial charge in [0.15, 0.2) is 6.61 Å². The van der Waals surface area contributed by atoms with E-state index in [1.165, 1.54) is 16.7 Å². The Morgan fingerprint density at radius 3 is 2.87 bits per heavy atom. The molecule has 7 heteroatoms. The number of nitrogens with one attached hydrogen (secondary N) is 1. The summed E-state index contributed by atoms with van der Waals surface area (Å²) in [6, 6.07) is 7.49. The minimum absolute atomic E-state index is 0.105. The number of nitrogens with zero attached hydrogens (tertiary/aromatic N) is 1. The van der Waals surface area contributed by atoms with Crippen molar-refractivity contribution in [3.63, 3.8) is 0 Å². The zero-order valence-electron chi connectivity index (χ0n) is 12.6. The van der Waals surface area contributed by atoms with E-state index < -0.39 is 5.97 Å². The monoisotopic (exact) mass is 332 g/mol. The van der Waals surface area contributed by atoms with Gasteiger partial charge in [0, 0.05) is 34.5 Å². The van der Waals surface area contributed by atoms with Crippen LogP contribution >= 0.6 is 11.8 Å². The molecule has 1 aliphatic heterocycles. The van der Waals surface area contributed by atoms with E-state index in [0.29, 0.717) is 17.9 Å². The van der Waals surface area contributed by atoms with Gasteiger partial charge >= 0.3 is 5.97 Å². The summed E-state index contributed by atoms with van der Waals surface area (Å²) < 4.78 is 5.04. The molecule has 1 amide bonds. The molecule has 1 aliphatic rings. The second kappa shape index (κ2) is 6.45. The standard InChI is InChI=1S/C16H16N2O4S/c1-10-15(11-4-2-3-5-12(11)17-10)13(19)9-22-14(20)8-18-6-7-23-16(18)21/h2-5,17H,6-9H2,1H3. The summed E-state index contributed by atoms with van der Waals surface area (Å²) in [5, 5.41) is 0.693. The number of aryl methyl sites for hydroxylation is 1. The third kappa shape index (κ3) is 3.24. The molecule has 0 aliphatic carbocycles. The van der Waals surface area contributed by atoms with E-state index in [0.717, 1.165) is 16.6 Å². The second-order valence-corrected chi connectivity index (χ2v) is 6.34. The molecular weight excluding hydrogens is 316 g/mol. The molecule has 1 aromatic carbocycles. The third-order valence-electron chi connectivity index (χ3n) is 3.70. The number of esters is 1. The molecule has 120 valence electrons. The van der Waals surface area contributed by atoms with Crippen LogP contribution in [0.15, 0.2) is 24.3 Å². The van der Waals surface area contributed by atoms with Crippen LogP contribution < -0.4 is 0 Å². The molecule has 0 bridgehead atoms. The fourth-order valence-corrected chi connectivity index (χ4v) is 3.45. The summed E-state index contributed by atoms with van der Waals surface area (Å²) in [4.78, 5) is 40.2. The Kier molecular flexibility index (Phi) is 4.38. The number of Topliss-reactive ketones (excluding diaryl/α,β-unsaturated/α-hetero) is 1. The molecular formula is C16H16N2O4S. The number of rotatable bonds is 5. The normalized spacial score (nSPS) is 14.5. The summed E-state index contributed by atoms with van der Waals surface area (Å²) in [6.07, 6.45) is 0. The highest BCUT2D eigenvalue weighted by molar-refractivity contribution is 8.13. The van der Waals surface area contributed by atoms with Crippen molar-refractivity contribution >= 4 is 39.7 Å². The van der Waals surface area contributed by atoms with Gasteiger partial charge in [-0.25, -0.2) is 0 Å². The Labute approximate surface area is 137 Å². The van der Waals surface area contributed by atoms with Crippen molar-refractivity contribution in [2.75, 3.05) is 25.4 Å². The van der Waals surface area contributed by atoms with E-state index in [9.17, 15) is 14.4 Å². The number of ether oxygens (including phenoxy) is 1. The van der Waals surface area contributed by atoms with Crippen LogP contribution in [0.2, 0.25) is 0 Å². The number of carbonyl (C=O) groups is 3. The maximum absolute atomic E-state index is 12.4. The molecule has 23 heavy (non-hydrogen) atoms. The number of benzene rings is 1. The Balaban J connectivity index is 1.63. The summed E-state index contributed by atoms with van der Waals surface area (Å²) in [7, 11) is 0. The van der Waals surface area contributed by atoms with Crippen molar-refractivity contribution in [1.29, 1.82) is 0 Å². The first-order valence-electron chi connectivity index (χ1n) is 7.24. The number of aromatic nitrogens is 1. The lowest BCUT2D eigenvalue weighted by Gasteiger charge is -2.13. The number of carbonyl (C=O) groups excluding carboxylic acids is 3. The predicted octanol–water partition coefficient (Wildman–Crippen LogP) is 2.37. The molecule has 0 unspecified atom stereocenters. The molecule has 1 aromatic heterocycles. The van der Waals surface area contributed by atoms with Crippen LogP contribution in [0.3, 0.4) is 0 Å². The summed E-state index contributed by atoms with van der Waals surface area (Å²) in [5.41, 5.74) is 2.17. The molecule has 0 radical (unpaired) electrons. The lowest BCUT2D eigenvalue weighted by Crippen LogP contribution is -2.31. The van der Waals surface area contributed by atoms with Gasteiger partial charge in [-0.2, -0.15) is 0 Å². The number of ketones is 1. The number of aromatic amines is 1. The zero-order valence-corrected chi connectivity index (χ0v) is 13.4. The average Bonchev–Trinajstić information content (AvgIpc) is 3.07. The molecule has 1 saturated heterocycles. The Morgan fingerprint density at radius 2 is 2.13 bits per heavy atom. The van der Waals surface area contributed by atoms with Gasteiger partial charge in [-0.05, 0) is 13.0 Å². The Bertz CT molecular complexity index is 783. The summed E-state index contributed by atoms with van der Waals surface area (Å²) in [5.74, 6) is -0.137. The highest BCUT2D eigenvalue weighted by Gasteiger charge is 2.24. The first kappa shape index (κ1) is 15.6. The van der Waals surface area contributed by atoms with Crippen LogP contribution in [0, 0.1) is 6.92 Å². The number of fused-ring (bicyclic) bond motifs is 1. The van der Waals surface area contributed by atoms with Gasteiger partial charge in [0.1, 0.15) is 6.54 Å². The minimum Gasteiger partial charge on any atom is -0.456 e. The molecule has 2 heterocycles. The van der Waals surface area contributed by atoms with Crippen molar-refractivity contribution in [1.82, 2.24) is 9.88 Å². The van der Waals surface area contributed by atoms with Gasteiger partial charge in [-0.1, -0.05) is 30.0 Å². The van der Waals surface area contributed by atoms with Crippen LogP contribution in [0.5, 0.6) is 0 Å². The molecule has 6 nitrogen and oxygen atoms in total. The van der Waals surface area contributed by atoms with E-state index in [2.05, 4.69) is 4.98 Å². The maximum atomic E-state index is 12.4. The lowest BCUT2D eigenvalue weighted by molar-refractivity contribution is -0.142. The second-order valence-electron chi connectivity index (χ2n) is 5.29. The summed E-state index contributed by atoms with van der Waals surface area (Å²) in [6.45, 7) is 1.92. The number of H-pyrrole nitrogens is 1. The number of thioether (sulfide) groups is 1. The first-order chi connectivity index (χ1) is 11.1. The van der Waals surface area contributed by atoms with Crippen LogP contribution in [-0.2, 0) is 9.53 Å². The van der Waals surface area contributed by atoms with Crippen LogP contribution in [0.4, 0.5) is 4.79 Å². The van der Waals surface area contributed by atoms with Crippen LogP contribution in [0.25, 0.3) is 10.9 Å². The Morgan fingerprint density at radius 1 is 1.35 bits per heavy atom. The van der Waals surface area contributed by atoms with Gasteiger partial charge in [0.05, 0.1) is 0 Å². The molecule has 1 fully saturated rings. The van der Waals surface area contributed by atoms with Crippen molar-refractivity contribution in [3.05, 3.63) is 35.5 Å². The van der Waals surface area contributed by atoms with Crippen molar-refractivity contribution in [2.24, 2.45) is 0 Å². The van der Waals surface area contributed by atoms with Crippen LogP contribution in [0.1, 0.15) is 16.1 Å². The highest BCUT2D eigenvalue weighted by atomic mass is 32.2. The average molecular weight is 332 g/mol. The van der Waals surface area contributed by atoms with E-state index in [-0.39, 0.29) is 24.2 Å². The summed E-state index contributed by atoms with van der Waals surface area (Å²) >= 11 is 1.18. The quantitative estimate of drug-likeness (QED) is 0.672. The molecule has 0 saturated carbocycles. The zero-order chi connectivity index (χ0) is 16.4. The number of amides is 1. The number of hydrogen-bond donors (Lipinski definition) is 1. The van der Waals surface area contributed by atoms with Crippen molar-refractivity contribution in [3.8, 4) is 0 Å². The van der Waals surface area contributed by atoms with E-state index in [4.69, 9.17) is 4.74 Å². The van der Waals surface area contributed by atoms with Crippen LogP contribution in [-0.4, -0.2) is 52.3 Å². The SMILES string of the molecule is Cc1[nH]c2ccccc2c1C(=O)COC(=O)CN1CCSC1=O. The van der Waals surface area contributed by atoms with Gasteiger partial charge in [0.25, 0.3) is 5.24 Å². The fraction of sp³-hybridized carbons (Fsp3) is 0.312. The number of hydrogen-bond acceptors (Lipinski definition) is 5. The van der Waals surface area contributed by atoms with E-state index >= 15 is 0 Å². The van der Waals surface area contributed by atoms with E-state index in [1.807, 2.05) is 31.2 Å². The fourth-order valence-electron chi connectivity index (χ4n) is 2.62. The molecule has 3 rings (SSSR count). The molecule has 1 N–H and O–H groups in total. The predicted molar refractivity (Wildman–Crippen MR) is 87.8 cm³/mol. The van der Waals surface area contributed by atoms with Crippen molar-refractivity contribution in [2.45, 2.75) is 6.92 Å². The van der Waals surface area contributed by atoms with Crippen molar-refractivity contribution < 1.29 is 19.1 Å². The molecule has 2 aromatic rings. The first-order valence-corrected chi connectivity index (χ1v) is 8.22. The van der Waals surface area contributed by atoms with Gasteiger partial charge in [0.2, 0.25) is 5.78 Å². The van der Waals surface area contributed by atoms with Gasteiger partial charge < -0.3 is 14.6 Å². The number of para-hydroxylation sites is 1. The maximum Gasteiger partial charge on any atom is 0.326 e. The lowest BCUT2D eigenvalue weighted by atomic mass is 10.1. The smallest absolute Gasteiger partial charge is 0.326 e.